The molecule has 11 heteroatoms. The Morgan fingerprint density at radius 3 is 2.23 bits per heavy atom. The molecule has 0 spiro atoms. The molecule has 0 unspecified atom stereocenters. The van der Waals surface area contributed by atoms with Crippen molar-refractivity contribution in [3.8, 4) is 11.5 Å². The van der Waals surface area contributed by atoms with E-state index in [0.717, 1.165) is 53.8 Å². The summed E-state index contributed by atoms with van der Waals surface area (Å²) in [5, 5.41) is 3.73. The maximum atomic E-state index is 14.4. The number of carbonyl (C=O) groups is 2. The first-order chi connectivity index (χ1) is 21.1. The van der Waals surface area contributed by atoms with E-state index in [2.05, 4.69) is 5.32 Å². The summed E-state index contributed by atoms with van der Waals surface area (Å²) in [6, 6.07) is 20.4. The number of sulfonamides is 1. The molecule has 44 heavy (non-hydrogen) atoms. The fourth-order valence-corrected chi connectivity index (χ4v) is 6.44. The van der Waals surface area contributed by atoms with E-state index in [1.165, 1.54) is 25.2 Å². The van der Waals surface area contributed by atoms with Gasteiger partial charge in [-0.15, -0.1) is 0 Å². The SMILES string of the molecule is COc1ccc(OC)c(N(CC(=O)N(Cc2ccc(Cl)cc2)[C@H](Cc2ccccc2)C(=O)NC2CCCCC2)S(C)(=O)=O)c1. The number of methoxy groups -OCH3 is 2. The lowest BCUT2D eigenvalue weighted by Crippen LogP contribution is -2.55. The Morgan fingerprint density at radius 2 is 1.61 bits per heavy atom. The standard InChI is InChI=1S/C33H40ClN3O6S/c1-42-28-18-19-31(43-2)29(21-28)37(44(3,40)41)23-32(38)36(22-25-14-16-26(34)17-15-25)30(20-24-10-6-4-7-11-24)33(39)35-27-12-8-5-9-13-27/h4,6-7,10-11,14-19,21,27,30H,5,8-9,12-13,20,22-23H2,1-3H3,(H,35,39)/t30-/m1/s1. The van der Waals surface area contributed by atoms with Crippen LogP contribution < -0.4 is 19.1 Å². The van der Waals surface area contributed by atoms with Gasteiger partial charge in [0.25, 0.3) is 0 Å². The average Bonchev–Trinajstić information content (AvgIpc) is 3.02. The second kappa shape index (κ2) is 15.3. The summed E-state index contributed by atoms with van der Waals surface area (Å²) < 4.78 is 38.1. The molecular weight excluding hydrogens is 602 g/mol. The van der Waals surface area contributed by atoms with Crippen LogP contribution in [0.4, 0.5) is 5.69 Å². The highest BCUT2D eigenvalue weighted by atomic mass is 35.5. The number of hydrogen-bond donors (Lipinski definition) is 1. The van der Waals surface area contributed by atoms with Crippen LogP contribution in [0, 0.1) is 0 Å². The number of anilines is 1. The largest absolute Gasteiger partial charge is 0.497 e. The van der Waals surface area contributed by atoms with Gasteiger partial charge in [-0.1, -0.05) is 73.3 Å². The normalized spacial score (nSPS) is 14.4. The fourth-order valence-electron chi connectivity index (χ4n) is 5.47. The van der Waals surface area contributed by atoms with Crippen LogP contribution >= 0.6 is 11.6 Å². The molecule has 0 heterocycles. The van der Waals surface area contributed by atoms with Crippen molar-refractivity contribution in [3.05, 3.63) is 88.9 Å². The molecule has 1 saturated carbocycles. The first kappa shape index (κ1) is 33.1. The molecular formula is C33H40ClN3O6S. The third kappa shape index (κ3) is 8.89. The molecule has 1 N–H and O–H groups in total. The Hall–Kier alpha value is -3.76. The number of ether oxygens (including phenoxy) is 2. The molecule has 0 aliphatic heterocycles. The Kier molecular flexibility index (Phi) is 11.5. The molecule has 0 aromatic heterocycles. The van der Waals surface area contributed by atoms with Gasteiger partial charge in [-0.2, -0.15) is 0 Å². The van der Waals surface area contributed by atoms with Crippen molar-refractivity contribution in [1.82, 2.24) is 10.2 Å². The monoisotopic (exact) mass is 641 g/mol. The van der Waals surface area contributed by atoms with Gasteiger partial charge in [-0.25, -0.2) is 8.42 Å². The van der Waals surface area contributed by atoms with Gasteiger partial charge < -0.3 is 19.7 Å². The first-order valence-corrected chi connectivity index (χ1v) is 16.9. The van der Waals surface area contributed by atoms with Crippen LogP contribution in [0.25, 0.3) is 0 Å². The minimum atomic E-state index is -3.98. The van der Waals surface area contributed by atoms with E-state index in [9.17, 15) is 18.0 Å². The van der Waals surface area contributed by atoms with E-state index >= 15 is 0 Å². The number of benzene rings is 3. The van der Waals surface area contributed by atoms with Gasteiger partial charge in [0, 0.05) is 30.1 Å². The lowest BCUT2D eigenvalue weighted by molar-refractivity contribution is -0.140. The molecule has 3 aromatic carbocycles. The van der Waals surface area contributed by atoms with Gasteiger partial charge in [0.05, 0.1) is 26.2 Å². The molecule has 236 valence electrons. The number of carbonyl (C=O) groups excluding carboxylic acids is 2. The van der Waals surface area contributed by atoms with Gasteiger partial charge in [0.2, 0.25) is 21.8 Å². The van der Waals surface area contributed by atoms with Crippen LogP contribution in [0.2, 0.25) is 5.02 Å². The molecule has 9 nitrogen and oxygen atoms in total. The summed E-state index contributed by atoms with van der Waals surface area (Å²) in [5.74, 6) is -0.166. The third-order valence-corrected chi connectivity index (χ3v) is 9.20. The van der Waals surface area contributed by atoms with Gasteiger partial charge in [0.1, 0.15) is 24.1 Å². The first-order valence-electron chi connectivity index (χ1n) is 14.7. The van der Waals surface area contributed by atoms with Crippen molar-refractivity contribution in [1.29, 1.82) is 0 Å². The summed E-state index contributed by atoms with van der Waals surface area (Å²) >= 11 is 6.14. The highest BCUT2D eigenvalue weighted by Gasteiger charge is 2.34. The highest BCUT2D eigenvalue weighted by Crippen LogP contribution is 2.34. The van der Waals surface area contributed by atoms with Crippen LogP contribution in [0.15, 0.2) is 72.8 Å². The maximum Gasteiger partial charge on any atom is 0.244 e. The second-order valence-corrected chi connectivity index (χ2v) is 13.3. The van der Waals surface area contributed by atoms with Crippen molar-refractivity contribution in [3.63, 3.8) is 0 Å². The van der Waals surface area contributed by atoms with Crippen LogP contribution in [0.1, 0.15) is 43.2 Å². The molecule has 1 aliphatic carbocycles. The molecule has 3 aromatic rings. The van der Waals surface area contributed by atoms with E-state index in [0.29, 0.717) is 10.8 Å². The van der Waals surface area contributed by atoms with E-state index < -0.39 is 28.5 Å². The minimum Gasteiger partial charge on any atom is -0.497 e. The average molecular weight is 642 g/mol. The zero-order valence-electron chi connectivity index (χ0n) is 25.4. The van der Waals surface area contributed by atoms with Crippen LogP contribution in [0.3, 0.4) is 0 Å². The summed E-state index contributed by atoms with van der Waals surface area (Å²) in [4.78, 5) is 29.9. The number of halogens is 1. The lowest BCUT2D eigenvalue weighted by Gasteiger charge is -2.35. The van der Waals surface area contributed by atoms with Gasteiger partial charge in [-0.3, -0.25) is 13.9 Å². The predicted molar refractivity (Wildman–Crippen MR) is 173 cm³/mol. The second-order valence-electron chi connectivity index (χ2n) is 11.0. The zero-order chi connectivity index (χ0) is 31.7. The molecule has 2 amide bonds. The predicted octanol–water partition coefficient (Wildman–Crippen LogP) is 5.21. The zero-order valence-corrected chi connectivity index (χ0v) is 26.9. The number of nitrogens with zero attached hydrogens (tertiary/aromatic N) is 2. The Bertz CT molecular complexity index is 1510. The van der Waals surface area contributed by atoms with Crippen molar-refractivity contribution in [2.45, 2.75) is 57.2 Å². The van der Waals surface area contributed by atoms with Crippen LogP contribution in [-0.2, 0) is 32.6 Å². The molecule has 0 bridgehead atoms. The molecule has 1 fully saturated rings. The maximum absolute atomic E-state index is 14.4. The third-order valence-electron chi connectivity index (χ3n) is 7.82. The van der Waals surface area contributed by atoms with Crippen molar-refractivity contribution in [2.75, 3.05) is 31.3 Å². The number of hydrogen-bond acceptors (Lipinski definition) is 6. The van der Waals surface area contributed by atoms with Crippen LogP contribution in [-0.4, -0.2) is 64.2 Å². The molecule has 1 atom stereocenters. The molecule has 0 radical (unpaired) electrons. The van der Waals surface area contributed by atoms with Crippen molar-refractivity contribution >= 4 is 39.1 Å². The Labute approximate surface area is 265 Å². The van der Waals surface area contributed by atoms with Crippen LogP contribution in [0.5, 0.6) is 11.5 Å². The summed E-state index contributed by atoms with van der Waals surface area (Å²) in [7, 11) is -1.09. The highest BCUT2D eigenvalue weighted by molar-refractivity contribution is 7.92. The Balaban J connectivity index is 1.75. The van der Waals surface area contributed by atoms with Crippen molar-refractivity contribution < 1.29 is 27.5 Å². The number of nitrogens with one attached hydrogen (secondary N) is 1. The van der Waals surface area contributed by atoms with E-state index in [-0.39, 0.29) is 36.4 Å². The number of rotatable bonds is 13. The number of amides is 2. The van der Waals surface area contributed by atoms with Crippen molar-refractivity contribution in [2.24, 2.45) is 0 Å². The smallest absolute Gasteiger partial charge is 0.244 e. The summed E-state index contributed by atoms with van der Waals surface area (Å²) in [6.07, 6.45) is 6.25. The molecule has 4 rings (SSSR count). The minimum absolute atomic E-state index is 0.0237. The lowest BCUT2D eigenvalue weighted by atomic mass is 9.94. The topological polar surface area (TPSA) is 105 Å². The van der Waals surface area contributed by atoms with Gasteiger partial charge in [-0.05, 0) is 48.2 Å². The molecule has 1 aliphatic rings. The molecule has 0 saturated heterocycles. The summed E-state index contributed by atoms with van der Waals surface area (Å²) in [6.45, 7) is -0.490. The quantitative estimate of drug-likeness (QED) is 0.275. The van der Waals surface area contributed by atoms with E-state index in [1.807, 2.05) is 30.3 Å². The summed E-state index contributed by atoms with van der Waals surface area (Å²) in [5.41, 5.74) is 1.77. The van der Waals surface area contributed by atoms with E-state index in [1.54, 1.807) is 36.4 Å². The van der Waals surface area contributed by atoms with Gasteiger partial charge >= 0.3 is 0 Å². The van der Waals surface area contributed by atoms with Gasteiger partial charge in [0.15, 0.2) is 0 Å². The van der Waals surface area contributed by atoms with E-state index in [4.69, 9.17) is 21.1 Å². The Morgan fingerprint density at radius 1 is 0.932 bits per heavy atom. The fraction of sp³-hybridized carbons (Fsp3) is 0.394.